The SMILES string of the molecule is O=S(=O)(O)C(F)C(F)(F)C(F)(F)C(F)(F)C(F)(F)C(F)(F)C(F)(F)C(F)(F)C(F)(F)C(F)F. The number of hydrogen-bond donors (Lipinski definition) is 1. The second-order valence-electron chi connectivity index (χ2n) is 5.82. The fraction of sp³-hybridized carbons (Fsp3) is 1.00. The van der Waals surface area contributed by atoms with Crippen LogP contribution < -0.4 is 0 Å². The van der Waals surface area contributed by atoms with Gasteiger partial charge in [-0.1, -0.05) is 0 Å². The lowest BCUT2D eigenvalue weighted by molar-refractivity contribution is -0.458. The molecule has 0 heterocycles. The Morgan fingerprint density at radius 2 is 0.667 bits per heavy atom. The van der Waals surface area contributed by atoms with Crippen molar-refractivity contribution >= 4 is 10.1 Å². The zero-order valence-corrected chi connectivity index (χ0v) is 14.8. The van der Waals surface area contributed by atoms with E-state index >= 15 is 0 Å². The Morgan fingerprint density at radius 3 is 0.879 bits per heavy atom. The van der Waals surface area contributed by atoms with E-state index in [0.717, 1.165) is 0 Å². The minimum absolute atomic E-state index is 6.07. The summed E-state index contributed by atoms with van der Waals surface area (Å²) >= 11 is 0. The quantitative estimate of drug-likeness (QED) is 0.281. The fourth-order valence-corrected chi connectivity index (χ4v) is 2.20. The summed E-state index contributed by atoms with van der Waals surface area (Å²) in [5.41, 5.74) is -6.07. The van der Waals surface area contributed by atoms with Crippen LogP contribution in [-0.2, 0) is 10.1 Å². The Labute approximate surface area is 167 Å². The average Bonchev–Trinajstić information content (AvgIpc) is 2.58. The minimum atomic E-state index is -9.06. The smallest absolute Gasteiger partial charge is 0.283 e. The Balaban J connectivity index is 7.00. The van der Waals surface area contributed by atoms with Gasteiger partial charge < -0.3 is 0 Å². The van der Waals surface area contributed by atoms with E-state index in [1.807, 2.05) is 0 Å². The first-order valence-electron chi connectivity index (χ1n) is 6.76. The molecule has 1 N–H and O–H groups in total. The lowest BCUT2D eigenvalue weighted by Crippen LogP contribution is -2.76. The third kappa shape index (κ3) is 3.94. The molecule has 0 bridgehead atoms. The first kappa shape index (κ1) is 31.6. The van der Waals surface area contributed by atoms with Crippen molar-refractivity contribution in [3.63, 3.8) is 0 Å². The van der Waals surface area contributed by atoms with E-state index in [1.54, 1.807) is 0 Å². The molecular weight excluding hydrogens is 561 g/mol. The summed E-state index contributed by atoms with van der Waals surface area (Å²) in [6.45, 7) is 0. The van der Waals surface area contributed by atoms with E-state index in [-0.39, 0.29) is 0 Å². The maximum atomic E-state index is 13.3. The van der Waals surface area contributed by atoms with Crippen molar-refractivity contribution < 1.29 is 96.4 Å². The normalized spacial score (nSPS) is 17.5. The highest BCUT2D eigenvalue weighted by molar-refractivity contribution is 7.86. The van der Waals surface area contributed by atoms with Crippen LogP contribution >= 0.6 is 0 Å². The molecule has 0 saturated carbocycles. The molecule has 23 heteroatoms. The molecule has 0 aromatic rings. The van der Waals surface area contributed by atoms with E-state index < -0.39 is 69.4 Å². The van der Waals surface area contributed by atoms with Gasteiger partial charge in [0.2, 0.25) is 0 Å². The number of hydrogen-bond acceptors (Lipinski definition) is 2. The van der Waals surface area contributed by atoms with Crippen molar-refractivity contribution in [2.24, 2.45) is 0 Å². The highest BCUT2D eigenvalue weighted by Crippen LogP contribution is 2.64. The van der Waals surface area contributed by atoms with Gasteiger partial charge in [-0.25, -0.2) is 13.2 Å². The number of halogens is 19. The number of alkyl halides is 19. The molecule has 3 nitrogen and oxygen atoms in total. The van der Waals surface area contributed by atoms with E-state index in [1.165, 1.54) is 0 Å². The zero-order valence-electron chi connectivity index (χ0n) is 14.0. The summed E-state index contributed by atoms with van der Waals surface area (Å²) < 4.78 is 274. The van der Waals surface area contributed by atoms with Gasteiger partial charge in [0.25, 0.3) is 5.50 Å². The summed E-state index contributed by atoms with van der Waals surface area (Å²) in [5.74, 6) is -68.6. The standard InChI is InChI=1S/C10H3F19O3S/c11-1(12)3(14,15)5(18,19)7(22,23)9(26,27)10(28,29)8(24,25)6(20,21)4(16,17)2(13)33(30,31)32/h1-2H,(H,30,31,32). The van der Waals surface area contributed by atoms with Crippen molar-refractivity contribution in [3.05, 3.63) is 0 Å². The molecule has 0 aliphatic rings. The third-order valence-electron chi connectivity index (χ3n) is 3.63. The van der Waals surface area contributed by atoms with Crippen LogP contribution in [0.2, 0.25) is 0 Å². The summed E-state index contributed by atoms with van der Waals surface area (Å²) in [6, 6.07) is 0. The Hall–Kier alpha value is -1.42. The van der Waals surface area contributed by atoms with E-state index in [9.17, 15) is 91.8 Å². The first-order valence-corrected chi connectivity index (χ1v) is 8.26. The molecule has 0 aromatic heterocycles. The van der Waals surface area contributed by atoms with E-state index in [2.05, 4.69) is 0 Å². The van der Waals surface area contributed by atoms with Gasteiger partial charge in [0.05, 0.1) is 0 Å². The van der Waals surface area contributed by atoms with Crippen LogP contribution in [0, 0.1) is 0 Å². The molecule has 200 valence electrons. The van der Waals surface area contributed by atoms with Crippen molar-refractivity contribution in [1.82, 2.24) is 0 Å². The van der Waals surface area contributed by atoms with Crippen molar-refractivity contribution in [2.45, 2.75) is 59.3 Å². The topological polar surface area (TPSA) is 54.4 Å². The van der Waals surface area contributed by atoms with Crippen molar-refractivity contribution in [2.75, 3.05) is 0 Å². The second-order valence-corrected chi connectivity index (χ2v) is 7.27. The van der Waals surface area contributed by atoms with Gasteiger partial charge in [-0.3, -0.25) is 4.55 Å². The molecule has 33 heavy (non-hydrogen) atoms. The van der Waals surface area contributed by atoms with Gasteiger partial charge in [-0.15, -0.1) is 0 Å². The maximum Gasteiger partial charge on any atom is 0.385 e. The zero-order chi connectivity index (χ0) is 27.7. The molecule has 0 rings (SSSR count). The Kier molecular flexibility index (Phi) is 7.46. The van der Waals surface area contributed by atoms with E-state index in [0.29, 0.717) is 0 Å². The average molecular weight is 564 g/mol. The van der Waals surface area contributed by atoms with Crippen LogP contribution in [0.25, 0.3) is 0 Å². The van der Waals surface area contributed by atoms with Crippen LogP contribution in [-0.4, -0.2) is 72.3 Å². The van der Waals surface area contributed by atoms with Crippen LogP contribution in [0.15, 0.2) is 0 Å². The first-order chi connectivity index (χ1) is 13.8. The summed E-state index contributed by atoms with van der Waals surface area (Å²) in [4.78, 5) is 0. The Morgan fingerprint density at radius 1 is 0.455 bits per heavy atom. The van der Waals surface area contributed by atoms with Crippen LogP contribution in [0.1, 0.15) is 0 Å². The van der Waals surface area contributed by atoms with Gasteiger partial charge in [0.1, 0.15) is 0 Å². The minimum Gasteiger partial charge on any atom is -0.283 e. The molecule has 0 aliphatic carbocycles. The predicted molar refractivity (Wildman–Crippen MR) is 62.0 cm³/mol. The highest BCUT2D eigenvalue weighted by atomic mass is 32.2. The maximum absolute atomic E-state index is 13.3. The lowest BCUT2D eigenvalue weighted by Gasteiger charge is -2.43. The molecule has 0 radical (unpaired) electrons. The lowest BCUT2D eigenvalue weighted by atomic mass is 9.87. The van der Waals surface area contributed by atoms with Gasteiger partial charge in [-0.2, -0.15) is 78.7 Å². The third-order valence-corrected chi connectivity index (χ3v) is 4.45. The second kappa shape index (κ2) is 7.80. The van der Waals surface area contributed by atoms with Gasteiger partial charge in [0.15, 0.2) is 0 Å². The molecule has 1 unspecified atom stereocenters. The van der Waals surface area contributed by atoms with E-state index in [4.69, 9.17) is 4.55 Å². The fourth-order valence-electron chi connectivity index (χ4n) is 1.67. The van der Waals surface area contributed by atoms with Crippen molar-refractivity contribution in [1.29, 1.82) is 0 Å². The molecule has 0 fully saturated rings. The molecule has 1 atom stereocenters. The monoisotopic (exact) mass is 564 g/mol. The predicted octanol–water partition coefficient (Wildman–Crippen LogP) is 5.52. The summed E-state index contributed by atoms with van der Waals surface area (Å²) in [7, 11) is -7.28. The van der Waals surface area contributed by atoms with Crippen LogP contribution in [0.3, 0.4) is 0 Å². The highest BCUT2D eigenvalue weighted by Gasteiger charge is 2.96. The van der Waals surface area contributed by atoms with Crippen LogP contribution in [0.4, 0.5) is 83.4 Å². The molecule has 0 saturated heterocycles. The van der Waals surface area contributed by atoms with Gasteiger partial charge >= 0.3 is 63.9 Å². The molecular formula is C10H3F19O3S. The van der Waals surface area contributed by atoms with Gasteiger partial charge in [-0.05, 0) is 0 Å². The Bertz CT molecular complexity index is 831. The largest absolute Gasteiger partial charge is 0.385 e. The molecule has 0 aromatic carbocycles. The molecule has 0 spiro atoms. The van der Waals surface area contributed by atoms with Crippen molar-refractivity contribution in [3.8, 4) is 0 Å². The summed E-state index contributed by atoms with van der Waals surface area (Å²) in [6.07, 6.45) is -6.11. The summed E-state index contributed by atoms with van der Waals surface area (Å²) in [5, 5.41) is 0. The number of rotatable bonds is 10. The van der Waals surface area contributed by atoms with Crippen LogP contribution in [0.5, 0.6) is 0 Å². The molecule has 0 aliphatic heterocycles. The van der Waals surface area contributed by atoms with Gasteiger partial charge in [0, 0.05) is 0 Å². The molecule has 0 amide bonds.